The molecule has 2 aromatic rings. The van der Waals surface area contributed by atoms with Gasteiger partial charge < -0.3 is 5.11 Å². The number of nitrogens with zero attached hydrogens (tertiary/aromatic N) is 1. The van der Waals surface area contributed by atoms with Crippen molar-refractivity contribution in [2.75, 3.05) is 0 Å². The Morgan fingerprint density at radius 1 is 1.30 bits per heavy atom. The van der Waals surface area contributed by atoms with Crippen molar-refractivity contribution in [3.8, 4) is 0 Å². The van der Waals surface area contributed by atoms with Crippen molar-refractivity contribution in [3.63, 3.8) is 0 Å². The Morgan fingerprint density at radius 3 is 2.74 bits per heavy atom. The number of fused-ring (bicyclic) bond motifs is 1. The van der Waals surface area contributed by atoms with E-state index in [0.29, 0.717) is 29.3 Å². The fraction of sp³-hybridized carbons (Fsp3) is 0.294. The monoisotopic (exact) mass is 335 g/mol. The van der Waals surface area contributed by atoms with Crippen LogP contribution in [0.2, 0.25) is 0 Å². The number of carboxylic acids is 1. The third-order valence-electron chi connectivity index (χ3n) is 4.05. The molecule has 3 rings (SSSR count). The first-order valence-electron chi connectivity index (χ1n) is 7.33. The standard InChI is InChI=1S/C17H15ClFNO3/c18-12-3-1-10(2-4-12)17(23)20-9-11(7-16(21)22)14-8-13(19)5-6-15(14)20/h1,3,5-6,8-10,12H,2,4,7H2,(H,21,22). The molecule has 0 fully saturated rings. The fourth-order valence-corrected chi connectivity index (χ4v) is 3.14. The van der Waals surface area contributed by atoms with Crippen LogP contribution in [0.1, 0.15) is 23.2 Å². The molecule has 1 N–H and O–H groups in total. The van der Waals surface area contributed by atoms with Gasteiger partial charge in [0.25, 0.3) is 0 Å². The predicted octanol–water partition coefficient (Wildman–Crippen LogP) is 3.62. The Labute approximate surface area is 137 Å². The molecule has 23 heavy (non-hydrogen) atoms. The molecule has 0 saturated heterocycles. The predicted molar refractivity (Wildman–Crippen MR) is 85.4 cm³/mol. The lowest BCUT2D eigenvalue weighted by atomic mass is 9.95. The van der Waals surface area contributed by atoms with Gasteiger partial charge in [0.1, 0.15) is 5.82 Å². The zero-order chi connectivity index (χ0) is 16.6. The molecule has 1 heterocycles. The molecule has 2 unspecified atom stereocenters. The van der Waals surface area contributed by atoms with Crippen molar-refractivity contribution in [3.05, 3.63) is 47.9 Å². The molecule has 1 aliphatic rings. The topological polar surface area (TPSA) is 59.3 Å². The van der Waals surface area contributed by atoms with Gasteiger partial charge in [-0.1, -0.05) is 12.2 Å². The molecule has 4 nitrogen and oxygen atoms in total. The molecule has 1 aromatic heterocycles. The van der Waals surface area contributed by atoms with E-state index in [1.165, 1.54) is 29.0 Å². The fourth-order valence-electron chi connectivity index (χ4n) is 2.93. The van der Waals surface area contributed by atoms with Crippen LogP contribution in [0.3, 0.4) is 0 Å². The van der Waals surface area contributed by atoms with Crippen LogP contribution in [0, 0.1) is 11.7 Å². The second kappa shape index (κ2) is 6.16. The van der Waals surface area contributed by atoms with Gasteiger partial charge in [0.05, 0.1) is 23.2 Å². The molecule has 0 saturated carbocycles. The van der Waals surface area contributed by atoms with Gasteiger partial charge in [-0.3, -0.25) is 14.2 Å². The van der Waals surface area contributed by atoms with Gasteiger partial charge in [-0.05, 0) is 36.6 Å². The number of aliphatic carboxylic acids is 1. The Morgan fingerprint density at radius 2 is 2.09 bits per heavy atom. The molecule has 2 atom stereocenters. The van der Waals surface area contributed by atoms with Crippen LogP contribution in [-0.2, 0) is 11.2 Å². The van der Waals surface area contributed by atoms with Gasteiger partial charge in [0.15, 0.2) is 0 Å². The van der Waals surface area contributed by atoms with Crippen LogP contribution in [0.25, 0.3) is 10.9 Å². The van der Waals surface area contributed by atoms with E-state index in [9.17, 15) is 14.0 Å². The van der Waals surface area contributed by atoms with Gasteiger partial charge in [-0.25, -0.2) is 4.39 Å². The second-order valence-corrected chi connectivity index (χ2v) is 6.24. The van der Waals surface area contributed by atoms with Crippen molar-refractivity contribution in [1.82, 2.24) is 4.57 Å². The number of hydrogen-bond acceptors (Lipinski definition) is 2. The molecular formula is C17H15ClFNO3. The van der Waals surface area contributed by atoms with E-state index in [4.69, 9.17) is 16.7 Å². The molecule has 1 aromatic carbocycles. The Hall–Kier alpha value is -2.14. The number of carbonyl (C=O) groups is 2. The smallest absolute Gasteiger partial charge is 0.307 e. The molecule has 6 heteroatoms. The zero-order valence-corrected chi connectivity index (χ0v) is 13.0. The highest BCUT2D eigenvalue weighted by molar-refractivity contribution is 6.21. The van der Waals surface area contributed by atoms with Crippen molar-refractivity contribution in [1.29, 1.82) is 0 Å². The second-order valence-electron chi connectivity index (χ2n) is 5.68. The lowest BCUT2D eigenvalue weighted by Gasteiger charge is -2.18. The van der Waals surface area contributed by atoms with Crippen molar-refractivity contribution in [2.45, 2.75) is 24.6 Å². The van der Waals surface area contributed by atoms with Crippen LogP contribution in [0.5, 0.6) is 0 Å². The average molecular weight is 336 g/mol. The van der Waals surface area contributed by atoms with Crippen LogP contribution in [0.15, 0.2) is 36.5 Å². The highest BCUT2D eigenvalue weighted by Crippen LogP contribution is 2.27. The maximum absolute atomic E-state index is 13.5. The van der Waals surface area contributed by atoms with E-state index in [0.717, 1.165) is 0 Å². The van der Waals surface area contributed by atoms with E-state index in [1.54, 1.807) is 12.2 Å². The maximum atomic E-state index is 13.5. The third-order valence-corrected chi connectivity index (χ3v) is 4.41. The Balaban J connectivity index is 2.05. The maximum Gasteiger partial charge on any atom is 0.307 e. The number of halogens is 2. The van der Waals surface area contributed by atoms with E-state index >= 15 is 0 Å². The lowest BCUT2D eigenvalue weighted by molar-refractivity contribution is -0.136. The summed E-state index contributed by atoms with van der Waals surface area (Å²) in [4.78, 5) is 23.7. The lowest BCUT2D eigenvalue weighted by Crippen LogP contribution is -2.22. The van der Waals surface area contributed by atoms with Crippen LogP contribution in [-0.4, -0.2) is 26.9 Å². The molecule has 1 aliphatic carbocycles. The van der Waals surface area contributed by atoms with Gasteiger partial charge in [-0.2, -0.15) is 0 Å². The molecule has 0 amide bonds. The van der Waals surface area contributed by atoms with E-state index in [-0.39, 0.29) is 23.6 Å². The van der Waals surface area contributed by atoms with Crippen LogP contribution in [0.4, 0.5) is 4.39 Å². The number of allylic oxidation sites excluding steroid dienone is 2. The quantitative estimate of drug-likeness (QED) is 0.688. The van der Waals surface area contributed by atoms with Crippen LogP contribution < -0.4 is 0 Å². The Kier molecular flexibility index (Phi) is 4.22. The van der Waals surface area contributed by atoms with Gasteiger partial charge >= 0.3 is 5.97 Å². The van der Waals surface area contributed by atoms with E-state index < -0.39 is 11.8 Å². The SMILES string of the molecule is O=C(O)Cc1cn(C(=O)C2C=CC(Cl)CC2)c2ccc(F)cc12. The summed E-state index contributed by atoms with van der Waals surface area (Å²) < 4.78 is 14.9. The Bertz CT molecular complexity index is 812. The molecular weight excluding hydrogens is 321 g/mol. The number of rotatable bonds is 3. The summed E-state index contributed by atoms with van der Waals surface area (Å²) in [5.41, 5.74) is 0.949. The first-order valence-corrected chi connectivity index (χ1v) is 7.77. The van der Waals surface area contributed by atoms with Crippen molar-refractivity contribution < 1.29 is 19.1 Å². The summed E-state index contributed by atoms with van der Waals surface area (Å²) in [6, 6.07) is 4.04. The van der Waals surface area contributed by atoms with Gasteiger partial charge in [0, 0.05) is 11.6 Å². The summed E-state index contributed by atoms with van der Waals surface area (Å²) >= 11 is 5.99. The highest BCUT2D eigenvalue weighted by atomic mass is 35.5. The summed E-state index contributed by atoms with van der Waals surface area (Å²) in [6.07, 6.45) is 6.18. The zero-order valence-electron chi connectivity index (χ0n) is 12.2. The van der Waals surface area contributed by atoms with Crippen molar-refractivity contribution in [2.24, 2.45) is 5.92 Å². The summed E-state index contributed by atoms with van der Waals surface area (Å²) in [5.74, 6) is -1.94. The minimum absolute atomic E-state index is 0.0582. The molecule has 0 radical (unpaired) electrons. The minimum atomic E-state index is -1.02. The number of alkyl halides is 1. The first-order chi connectivity index (χ1) is 11.0. The number of carbonyl (C=O) groups excluding carboxylic acids is 1. The third kappa shape index (κ3) is 3.15. The minimum Gasteiger partial charge on any atom is -0.481 e. The van der Waals surface area contributed by atoms with E-state index in [2.05, 4.69) is 0 Å². The molecule has 120 valence electrons. The number of aromatic nitrogens is 1. The van der Waals surface area contributed by atoms with Crippen LogP contribution >= 0.6 is 11.6 Å². The summed E-state index contributed by atoms with van der Waals surface area (Å²) in [7, 11) is 0. The highest BCUT2D eigenvalue weighted by Gasteiger charge is 2.24. The number of hydrogen-bond donors (Lipinski definition) is 1. The normalized spacial score (nSPS) is 20.8. The largest absolute Gasteiger partial charge is 0.481 e. The molecule has 0 spiro atoms. The van der Waals surface area contributed by atoms with Gasteiger partial charge in [-0.15, -0.1) is 11.6 Å². The molecule has 0 aliphatic heterocycles. The number of carboxylic acid groups (broad SMARTS) is 1. The van der Waals surface area contributed by atoms with E-state index in [1.807, 2.05) is 0 Å². The van der Waals surface area contributed by atoms with Gasteiger partial charge in [0.2, 0.25) is 5.91 Å². The average Bonchev–Trinajstić information content (AvgIpc) is 2.84. The molecule has 0 bridgehead atoms. The van der Waals surface area contributed by atoms with Crippen molar-refractivity contribution >= 4 is 34.4 Å². The number of benzene rings is 1. The first kappa shape index (κ1) is 15.7. The summed E-state index contributed by atoms with van der Waals surface area (Å²) in [5, 5.41) is 9.40. The summed E-state index contributed by atoms with van der Waals surface area (Å²) in [6.45, 7) is 0.